The molecule has 0 spiro atoms. The molecule has 1 unspecified atom stereocenters. The predicted molar refractivity (Wildman–Crippen MR) is 100 cm³/mol. The number of carbonyl (C=O) groups excluding carboxylic acids is 1. The van der Waals surface area contributed by atoms with Crippen LogP contribution in [0, 0.1) is 11.3 Å². The van der Waals surface area contributed by atoms with Crippen LogP contribution in [0.4, 0.5) is 0 Å². The van der Waals surface area contributed by atoms with E-state index in [1.54, 1.807) is 11.8 Å². The molecular weight excluding hydrogens is 318 g/mol. The van der Waals surface area contributed by atoms with E-state index >= 15 is 0 Å². The normalized spacial score (nSPS) is 27.5. The minimum Gasteiger partial charge on any atom is -0.461 e. The van der Waals surface area contributed by atoms with Gasteiger partial charge in [0.1, 0.15) is 6.10 Å². The summed E-state index contributed by atoms with van der Waals surface area (Å²) in [5.74, 6) is 0.465. The third-order valence-corrected chi connectivity index (χ3v) is 7.40. The zero-order valence-corrected chi connectivity index (χ0v) is 16.2. The van der Waals surface area contributed by atoms with Crippen molar-refractivity contribution in [3.8, 4) is 0 Å². The highest BCUT2D eigenvalue weighted by molar-refractivity contribution is 8.05. The summed E-state index contributed by atoms with van der Waals surface area (Å²) in [5, 5.41) is 2.14. The molecule has 0 aromatic rings. The Morgan fingerprint density at radius 3 is 2.46 bits per heavy atom. The lowest BCUT2D eigenvalue weighted by Crippen LogP contribution is -2.49. The summed E-state index contributed by atoms with van der Waals surface area (Å²) >= 11 is 1.72. The Kier molecular flexibility index (Phi) is 5.45. The number of quaternary nitrogens is 1. The largest absolute Gasteiger partial charge is 0.461 e. The van der Waals surface area contributed by atoms with Gasteiger partial charge in [-0.1, -0.05) is 25.0 Å². The van der Waals surface area contributed by atoms with Crippen LogP contribution in [0.25, 0.3) is 0 Å². The molecule has 1 aliphatic carbocycles. The van der Waals surface area contributed by atoms with Gasteiger partial charge < -0.3 is 9.22 Å². The van der Waals surface area contributed by atoms with Crippen LogP contribution in [0.15, 0.2) is 22.5 Å². The van der Waals surface area contributed by atoms with Crippen LogP contribution >= 0.6 is 11.8 Å². The van der Waals surface area contributed by atoms with E-state index in [9.17, 15) is 4.79 Å². The minimum atomic E-state index is -0.451. The number of likely N-dealkylation sites (tertiary alicyclic amines) is 1. The standard InChI is InChI=1S/C20H32NO2S/c1-20(16-8-4-5-9-16,18-10-6-7-15-24-18)19(22)23-17-11-13-21(2,3)14-12-17/h7,10,15-17H,4-6,8-9,11-14H2,1-3H3/q+1. The van der Waals surface area contributed by atoms with Gasteiger partial charge in [-0.2, -0.15) is 0 Å². The van der Waals surface area contributed by atoms with Crippen LogP contribution in [0.3, 0.4) is 0 Å². The van der Waals surface area contributed by atoms with Crippen molar-refractivity contribution in [1.29, 1.82) is 0 Å². The van der Waals surface area contributed by atoms with E-state index in [0.717, 1.165) is 49.7 Å². The number of nitrogens with zero attached hydrogens (tertiary/aromatic N) is 1. The van der Waals surface area contributed by atoms with Crippen LogP contribution in [0.2, 0.25) is 0 Å². The average Bonchev–Trinajstić information content (AvgIpc) is 3.12. The molecule has 0 aromatic heterocycles. The Hall–Kier alpha value is -0.740. The van der Waals surface area contributed by atoms with Gasteiger partial charge in [0.25, 0.3) is 0 Å². The van der Waals surface area contributed by atoms with Crippen LogP contribution in [-0.4, -0.2) is 43.7 Å². The number of allylic oxidation sites excluding steroid dienone is 2. The van der Waals surface area contributed by atoms with E-state index in [1.807, 2.05) is 0 Å². The summed E-state index contributed by atoms with van der Waals surface area (Å²) in [6.07, 6.45) is 12.2. The first-order valence-electron chi connectivity index (χ1n) is 9.47. The topological polar surface area (TPSA) is 26.3 Å². The molecule has 134 valence electrons. The molecule has 0 amide bonds. The second kappa shape index (κ2) is 7.25. The molecule has 1 saturated heterocycles. The summed E-state index contributed by atoms with van der Waals surface area (Å²) < 4.78 is 7.13. The Bertz CT molecular complexity index is 524. The molecule has 1 saturated carbocycles. The summed E-state index contributed by atoms with van der Waals surface area (Å²) in [6, 6.07) is 0. The second-order valence-corrected chi connectivity index (χ2v) is 9.41. The maximum atomic E-state index is 13.3. The summed E-state index contributed by atoms with van der Waals surface area (Å²) in [6.45, 7) is 4.34. The number of carbonyl (C=O) groups is 1. The van der Waals surface area contributed by atoms with E-state index in [-0.39, 0.29) is 12.1 Å². The molecule has 2 heterocycles. The van der Waals surface area contributed by atoms with Gasteiger partial charge in [-0.05, 0) is 37.5 Å². The van der Waals surface area contributed by atoms with Gasteiger partial charge in [0.05, 0.1) is 32.6 Å². The zero-order chi connectivity index (χ0) is 17.2. The highest BCUT2D eigenvalue weighted by Gasteiger charge is 2.48. The van der Waals surface area contributed by atoms with Crippen LogP contribution in [0.5, 0.6) is 0 Å². The Labute approximate surface area is 151 Å². The number of esters is 1. The third kappa shape index (κ3) is 3.75. The smallest absolute Gasteiger partial charge is 0.317 e. The second-order valence-electron chi connectivity index (χ2n) is 8.47. The van der Waals surface area contributed by atoms with Gasteiger partial charge >= 0.3 is 5.97 Å². The zero-order valence-electron chi connectivity index (χ0n) is 15.4. The molecule has 0 bridgehead atoms. The van der Waals surface area contributed by atoms with Gasteiger partial charge in [-0.15, -0.1) is 11.8 Å². The van der Waals surface area contributed by atoms with E-state index in [4.69, 9.17) is 4.74 Å². The Morgan fingerprint density at radius 1 is 1.21 bits per heavy atom. The fourth-order valence-corrected chi connectivity index (χ4v) is 5.38. The average molecular weight is 351 g/mol. The molecule has 24 heavy (non-hydrogen) atoms. The summed E-state index contributed by atoms with van der Waals surface area (Å²) in [7, 11) is 4.52. The van der Waals surface area contributed by atoms with Gasteiger partial charge in [0.2, 0.25) is 0 Å². The predicted octanol–water partition coefficient (Wildman–Crippen LogP) is 4.50. The first kappa shape index (κ1) is 18.1. The number of ether oxygens (including phenoxy) is 1. The highest BCUT2D eigenvalue weighted by atomic mass is 32.2. The van der Waals surface area contributed by atoms with Gasteiger partial charge in [-0.25, -0.2) is 0 Å². The number of piperidine rings is 1. The van der Waals surface area contributed by atoms with Crippen LogP contribution < -0.4 is 0 Å². The van der Waals surface area contributed by atoms with Crippen molar-refractivity contribution in [2.45, 2.75) is 58.0 Å². The number of rotatable bonds is 4. The lowest BCUT2D eigenvalue weighted by molar-refractivity contribution is -0.896. The quantitative estimate of drug-likeness (QED) is 0.551. The first-order valence-corrected chi connectivity index (χ1v) is 10.4. The van der Waals surface area contributed by atoms with Crippen molar-refractivity contribution in [1.82, 2.24) is 0 Å². The summed E-state index contributed by atoms with van der Waals surface area (Å²) in [4.78, 5) is 14.5. The molecule has 3 nitrogen and oxygen atoms in total. The van der Waals surface area contributed by atoms with Crippen molar-refractivity contribution < 1.29 is 14.0 Å². The SMILES string of the molecule is CC(C(=O)OC1CC[N+](C)(C)CC1)(C1=CCC=CS1)C1CCCC1. The van der Waals surface area contributed by atoms with Gasteiger partial charge in [0, 0.05) is 17.7 Å². The van der Waals surface area contributed by atoms with Crippen molar-refractivity contribution in [3.05, 3.63) is 22.5 Å². The molecule has 1 atom stereocenters. The number of thioether (sulfide) groups is 1. The maximum absolute atomic E-state index is 13.3. The van der Waals surface area contributed by atoms with Crippen LogP contribution in [-0.2, 0) is 9.53 Å². The fourth-order valence-electron chi connectivity index (χ4n) is 4.34. The Balaban J connectivity index is 1.73. The van der Waals surface area contributed by atoms with E-state index in [0.29, 0.717) is 5.92 Å². The monoisotopic (exact) mass is 350 g/mol. The van der Waals surface area contributed by atoms with Gasteiger partial charge in [0.15, 0.2) is 0 Å². The van der Waals surface area contributed by atoms with Crippen molar-refractivity contribution in [3.63, 3.8) is 0 Å². The molecule has 0 N–H and O–H groups in total. The molecule has 3 rings (SSSR count). The molecule has 0 radical (unpaired) electrons. The Morgan fingerprint density at radius 2 is 1.88 bits per heavy atom. The van der Waals surface area contributed by atoms with Gasteiger partial charge in [-0.3, -0.25) is 4.79 Å². The molecule has 2 aliphatic heterocycles. The van der Waals surface area contributed by atoms with E-state index in [1.165, 1.54) is 17.7 Å². The number of hydrogen-bond donors (Lipinski definition) is 0. The third-order valence-electron chi connectivity index (χ3n) is 6.22. The lowest BCUT2D eigenvalue weighted by atomic mass is 9.75. The first-order chi connectivity index (χ1) is 11.4. The molecule has 2 fully saturated rings. The van der Waals surface area contributed by atoms with E-state index in [2.05, 4.69) is 38.6 Å². The maximum Gasteiger partial charge on any atom is 0.317 e. The number of hydrogen-bond acceptors (Lipinski definition) is 3. The molecular formula is C20H32NO2S+. The molecule has 3 aliphatic rings. The molecule has 4 heteroatoms. The lowest BCUT2D eigenvalue weighted by Gasteiger charge is -2.40. The van der Waals surface area contributed by atoms with Crippen LogP contribution in [0.1, 0.15) is 51.9 Å². The van der Waals surface area contributed by atoms with Crippen molar-refractivity contribution in [2.75, 3.05) is 27.2 Å². The highest BCUT2D eigenvalue weighted by Crippen LogP contribution is 2.50. The van der Waals surface area contributed by atoms with Crippen molar-refractivity contribution in [2.24, 2.45) is 11.3 Å². The van der Waals surface area contributed by atoms with Crippen molar-refractivity contribution >= 4 is 17.7 Å². The fraction of sp³-hybridized carbons (Fsp3) is 0.750. The molecule has 0 aromatic carbocycles. The van der Waals surface area contributed by atoms with E-state index < -0.39 is 5.41 Å². The summed E-state index contributed by atoms with van der Waals surface area (Å²) in [5.41, 5.74) is -0.451. The minimum absolute atomic E-state index is 0.0284.